The van der Waals surface area contributed by atoms with Gasteiger partial charge in [-0.3, -0.25) is 5.43 Å². The van der Waals surface area contributed by atoms with Crippen molar-refractivity contribution in [3.63, 3.8) is 0 Å². The average molecular weight is 151 g/mol. The van der Waals surface area contributed by atoms with Crippen molar-refractivity contribution >= 4 is 5.84 Å². The van der Waals surface area contributed by atoms with Gasteiger partial charge in [0, 0.05) is 6.42 Å². The monoisotopic (exact) mass is 151 g/mol. The third-order valence-corrected chi connectivity index (χ3v) is 1.66. The molecule has 0 fully saturated rings. The van der Waals surface area contributed by atoms with E-state index in [0.717, 1.165) is 12.2 Å². The van der Waals surface area contributed by atoms with Gasteiger partial charge in [-0.15, -0.1) is 0 Å². The van der Waals surface area contributed by atoms with Gasteiger partial charge in [-0.2, -0.15) is 5.10 Å². The zero-order chi connectivity index (χ0) is 7.68. The molecule has 3 N–H and O–H groups in total. The van der Waals surface area contributed by atoms with E-state index in [4.69, 9.17) is 10.2 Å². The van der Waals surface area contributed by atoms with E-state index < -0.39 is 0 Å². The molecule has 0 saturated heterocycles. The fraction of sp³-hybridized carbons (Fsp3) is 0.286. The maximum absolute atomic E-state index is 5.48. The predicted molar refractivity (Wildman–Crippen MR) is 40.8 cm³/mol. The molecule has 0 aliphatic carbocycles. The third-order valence-electron chi connectivity index (χ3n) is 1.66. The lowest BCUT2D eigenvalue weighted by molar-refractivity contribution is 0.440. The van der Waals surface area contributed by atoms with Crippen LogP contribution >= 0.6 is 0 Å². The molecule has 11 heavy (non-hydrogen) atoms. The molecule has 1 unspecified atom stereocenters. The summed E-state index contributed by atoms with van der Waals surface area (Å²) in [4.78, 5) is 0. The van der Waals surface area contributed by atoms with Crippen molar-refractivity contribution in [1.29, 1.82) is 0 Å². The number of furan rings is 1. The normalized spacial score (nSPS) is 22.9. The van der Waals surface area contributed by atoms with Crippen molar-refractivity contribution < 1.29 is 4.42 Å². The molecule has 4 heteroatoms. The molecule has 2 heterocycles. The van der Waals surface area contributed by atoms with Crippen LogP contribution in [0.25, 0.3) is 0 Å². The van der Waals surface area contributed by atoms with Crippen LogP contribution in [0.15, 0.2) is 27.9 Å². The predicted octanol–water partition coefficient (Wildman–Crippen LogP) is 0.586. The van der Waals surface area contributed by atoms with Gasteiger partial charge in [-0.25, -0.2) is 0 Å². The van der Waals surface area contributed by atoms with Crippen molar-refractivity contribution in [2.24, 2.45) is 10.8 Å². The lowest BCUT2D eigenvalue weighted by Gasteiger charge is -2.03. The number of hydrogen-bond acceptors (Lipinski definition) is 4. The SMILES string of the molecule is NC1=NNC(c2ccco2)C1. The minimum atomic E-state index is 0.130. The number of amidine groups is 1. The van der Waals surface area contributed by atoms with Crippen LogP contribution in [0.4, 0.5) is 0 Å². The second-order valence-electron chi connectivity index (χ2n) is 2.50. The van der Waals surface area contributed by atoms with Crippen LogP contribution < -0.4 is 11.2 Å². The molecule has 1 aliphatic heterocycles. The number of nitrogens with one attached hydrogen (secondary N) is 1. The summed E-state index contributed by atoms with van der Waals surface area (Å²) in [6.45, 7) is 0. The Labute approximate surface area is 64.1 Å². The van der Waals surface area contributed by atoms with Crippen molar-refractivity contribution in [3.05, 3.63) is 24.2 Å². The molecule has 1 aliphatic rings. The zero-order valence-electron chi connectivity index (χ0n) is 5.95. The van der Waals surface area contributed by atoms with Crippen molar-refractivity contribution in [2.45, 2.75) is 12.5 Å². The molecule has 0 aromatic carbocycles. The fourth-order valence-corrected chi connectivity index (χ4v) is 1.12. The highest BCUT2D eigenvalue weighted by molar-refractivity contribution is 5.82. The molecule has 0 amide bonds. The zero-order valence-corrected chi connectivity index (χ0v) is 5.95. The Hall–Kier alpha value is -1.45. The Balaban J connectivity index is 2.11. The Morgan fingerprint density at radius 3 is 3.18 bits per heavy atom. The van der Waals surface area contributed by atoms with Crippen molar-refractivity contribution in [2.75, 3.05) is 0 Å². The van der Waals surface area contributed by atoms with Gasteiger partial charge in [0.1, 0.15) is 17.6 Å². The third kappa shape index (κ3) is 1.07. The van der Waals surface area contributed by atoms with E-state index in [-0.39, 0.29) is 6.04 Å². The highest BCUT2D eigenvalue weighted by atomic mass is 16.3. The summed E-state index contributed by atoms with van der Waals surface area (Å²) in [7, 11) is 0. The van der Waals surface area contributed by atoms with Gasteiger partial charge >= 0.3 is 0 Å². The number of nitrogens with two attached hydrogens (primary N) is 1. The lowest BCUT2D eigenvalue weighted by Crippen LogP contribution is -2.10. The van der Waals surface area contributed by atoms with E-state index in [1.54, 1.807) is 6.26 Å². The molecule has 58 valence electrons. The number of hydrazone groups is 1. The molecule has 0 saturated carbocycles. The van der Waals surface area contributed by atoms with Gasteiger partial charge in [0.05, 0.1) is 6.26 Å². The molecule has 2 rings (SSSR count). The maximum atomic E-state index is 5.48. The Kier molecular flexibility index (Phi) is 1.31. The van der Waals surface area contributed by atoms with Crippen LogP contribution in [0.1, 0.15) is 18.2 Å². The van der Waals surface area contributed by atoms with E-state index in [1.165, 1.54) is 0 Å². The van der Waals surface area contributed by atoms with Gasteiger partial charge < -0.3 is 10.2 Å². The second-order valence-corrected chi connectivity index (χ2v) is 2.50. The van der Waals surface area contributed by atoms with Crippen molar-refractivity contribution in [3.8, 4) is 0 Å². The summed E-state index contributed by atoms with van der Waals surface area (Å²) >= 11 is 0. The summed E-state index contributed by atoms with van der Waals surface area (Å²) in [5, 5.41) is 3.86. The summed E-state index contributed by atoms with van der Waals surface area (Å²) in [5.74, 6) is 1.51. The Morgan fingerprint density at radius 1 is 1.73 bits per heavy atom. The fourth-order valence-electron chi connectivity index (χ4n) is 1.12. The highest BCUT2D eigenvalue weighted by Gasteiger charge is 2.19. The van der Waals surface area contributed by atoms with Crippen LogP contribution in [0.5, 0.6) is 0 Å². The van der Waals surface area contributed by atoms with Gasteiger partial charge in [0.25, 0.3) is 0 Å². The van der Waals surface area contributed by atoms with Gasteiger partial charge in [-0.1, -0.05) is 0 Å². The second kappa shape index (κ2) is 2.30. The van der Waals surface area contributed by atoms with E-state index >= 15 is 0 Å². The molecule has 0 bridgehead atoms. The Bertz CT molecular complexity index is 265. The molecule has 1 atom stereocenters. The number of rotatable bonds is 1. The molecule has 1 aromatic heterocycles. The summed E-state index contributed by atoms with van der Waals surface area (Å²) in [5.41, 5.74) is 8.36. The van der Waals surface area contributed by atoms with Gasteiger partial charge in [0.2, 0.25) is 0 Å². The lowest BCUT2D eigenvalue weighted by atomic mass is 10.2. The largest absolute Gasteiger partial charge is 0.467 e. The highest BCUT2D eigenvalue weighted by Crippen LogP contribution is 2.19. The maximum Gasteiger partial charge on any atom is 0.128 e. The first kappa shape index (κ1) is 6.27. The van der Waals surface area contributed by atoms with Crippen LogP contribution in [-0.2, 0) is 0 Å². The van der Waals surface area contributed by atoms with Crippen LogP contribution in [0.2, 0.25) is 0 Å². The molecule has 0 spiro atoms. The smallest absolute Gasteiger partial charge is 0.128 e. The molecule has 4 nitrogen and oxygen atoms in total. The standard InChI is InChI=1S/C7H9N3O/c8-7-4-5(9-10-7)6-2-1-3-11-6/h1-3,5,9H,4H2,(H2,8,10). The van der Waals surface area contributed by atoms with Gasteiger partial charge in [0.15, 0.2) is 0 Å². The summed E-state index contributed by atoms with van der Waals surface area (Å²) in [6.07, 6.45) is 2.37. The molecule has 0 radical (unpaired) electrons. The average Bonchev–Trinajstić information content (AvgIpc) is 2.55. The van der Waals surface area contributed by atoms with E-state index in [9.17, 15) is 0 Å². The quantitative estimate of drug-likeness (QED) is 0.617. The topological polar surface area (TPSA) is 63.5 Å². The Morgan fingerprint density at radius 2 is 2.64 bits per heavy atom. The summed E-state index contributed by atoms with van der Waals surface area (Å²) in [6, 6.07) is 3.89. The summed E-state index contributed by atoms with van der Waals surface area (Å²) < 4.78 is 5.17. The van der Waals surface area contributed by atoms with E-state index in [2.05, 4.69) is 10.5 Å². The molecular weight excluding hydrogens is 142 g/mol. The number of nitrogens with zero attached hydrogens (tertiary/aromatic N) is 1. The minimum Gasteiger partial charge on any atom is -0.467 e. The molecular formula is C7H9N3O. The molecule has 1 aromatic rings. The van der Waals surface area contributed by atoms with Crippen LogP contribution in [-0.4, -0.2) is 5.84 Å². The van der Waals surface area contributed by atoms with Gasteiger partial charge in [-0.05, 0) is 12.1 Å². The van der Waals surface area contributed by atoms with Crippen LogP contribution in [0.3, 0.4) is 0 Å². The first-order valence-corrected chi connectivity index (χ1v) is 3.47. The van der Waals surface area contributed by atoms with E-state index in [1.807, 2.05) is 12.1 Å². The van der Waals surface area contributed by atoms with E-state index in [0.29, 0.717) is 5.84 Å². The first-order chi connectivity index (χ1) is 5.36. The number of hydrogen-bond donors (Lipinski definition) is 2. The minimum absolute atomic E-state index is 0.130. The van der Waals surface area contributed by atoms with Crippen LogP contribution in [0, 0.1) is 0 Å². The van der Waals surface area contributed by atoms with Crippen molar-refractivity contribution in [1.82, 2.24) is 5.43 Å². The first-order valence-electron chi connectivity index (χ1n) is 3.47.